The molecule has 5 nitrogen and oxygen atoms in total. The highest BCUT2D eigenvalue weighted by molar-refractivity contribution is 7.99. The molecule has 7 heteroatoms. The molecule has 2 atom stereocenters. The van der Waals surface area contributed by atoms with Crippen molar-refractivity contribution in [2.24, 2.45) is 5.92 Å². The van der Waals surface area contributed by atoms with Crippen molar-refractivity contribution in [2.45, 2.75) is 50.6 Å². The predicted molar refractivity (Wildman–Crippen MR) is 184 cm³/mol. The first-order valence-electron chi connectivity index (χ1n) is 15.1. The Labute approximate surface area is 274 Å². The maximum Gasteiger partial charge on any atom is 0.307 e. The molecule has 232 valence electrons. The Hall–Kier alpha value is -3.84. The van der Waals surface area contributed by atoms with Gasteiger partial charge in [0.2, 0.25) is 0 Å². The molecular weight excluding hydrogens is 602 g/mol. The van der Waals surface area contributed by atoms with E-state index in [9.17, 15) is 15.0 Å². The molecule has 1 aromatic heterocycles. The Balaban J connectivity index is 1.35. The first-order chi connectivity index (χ1) is 21.7. The standard InChI is InChI=1S/C38H38ClNO4S/c1-38(2,43)34-14-7-6-11-27(34)17-20-36(45-25-30(37(41)42)21-26-9-4-3-5-10-26)29-12-8-13-33(22-29)44-24-32-19-16-28-15-18-31(39)23-35(28)40-32/h3-16,18-19,22-23,30,36,43H,17,20-21,24-25H2,1-2H3,(H,41,42). The topological polar surface area (TPSA) is 79.7 Å². The average molecular weight is 640 g/mol. The molecule has 1 heterocycles. The summed E-state index contributed by atoms with van der Waals surface area (Å²) in [6, 6.07) is 35.4. The van der Waals surface area contributed by atoms with E-state index in [2.05, 4.69) is 12.1 Å². The second-order valence-corrected chi connectivity index (χ2v) is 13.5. The number of rotatable bonds is 14. The lowest BCUT2D eigenvalue weighted by atomic mass is 9.90. The van der Waals surface area contributed by atoms with Gasteiger partial charge >= 0.3 is 5.97 Å². The van der Waals surface area contributed by atoms with Gasteiger partial charge in [0.25, 0.3) is 0 Å². The number of nitrogens with zero attached hydrogens (tertiary/aromatic N) is 1. The summed E-state index contributed by atoms with van der Waals surface area (Å²) >= 11 is 7.84. The average Bonchev–Trinajstić information content (AvgIpc) is 3.03. The van der Waals surface area contributed by atoms with Crippen molar-refractivity contribution in [1.29, 1.82) is 0 Å². The molecule has 0 bridgehead atoms. The van der Waals surface area contributed by atoms with Gasteiger partial charge in [-0.3, -0.25) is 4.79 Å². The number of carboxylic acid groups (broad SMARTS) is 1. The van der Waals surface area contributed by atoms with Crippen LogP contribution in [0.5, 0.6) is 5.75 Å². The number of aryl methyl sites for hydroxylation is 1. The Kier molecular flexibility index (Phi) is 10.8. The highest BCUT2D eigenvalue weighted by Crippen LogP contribution is 2.38. The number of halogens is 1. The zero-order valence-corrected chi connectivity index (χ0v) is 27.1. The summed E-state index contributed by atoms with van der Waals surface area (Å²) < 4.78 is 6.20. The van der Waals surface area contributed by atoms with Gasteiger partial charge in [-0.1, -0.05) is 90.5 Å². The van der Waals surface area contributed by atoms with E-state index in [0.717, 1.165) is 57.4 Å². The largest absolute Gasteiger partial charge is 0.487 e. The number of pyridine rings is 1. The lowest BCUT2D eigenvalue weighted by molar-refractivity contribution is -0.140. The van der Waals surface area contributed by atoms with Crippen LogP contribution in [0, 0.1) is 5.92 Å². The van der Waals surface area contributed by atoms with Crippen LogP contribution in [-0.2, 0) is 29.8 Å². The van der Waals surface area contributed by atoms with Gasteiger partial charge in [-0.15, -0.1) is 0 Å². The van der Waals surface area contributed by atoms with Crippen molar-refractivity contribution in [1.82, 2.24) is 4.98 Å². The quantitative estimate of drug-likeness (QED) is 0.126. The van der Waals surface area contributed by atoms with Crippen molar-refractivity contribution in [3.05, 3.63) is 142 Å². The number of benzene rings is 4. The van der Waals surface area contributed by atoms with E-state index in [4.69, 9.17) is 21.3 Å². The number of ether oxygens (including phenoxy) is 1. The van der Waals surface area contributed by atoms with Gasteiger partial charge in [-0.05, 0) is 85.7 Å². The molecule has 4 aromatic carbocycles. The van der Waals surface area contributed by atoms with Gasteiger partial charge in [0.05, 0.1) is 22.7 Å². The predicted octanol–water partition coefficient (Wildman–Crippen LogP) is 9.05. The summed E-state index contributed by atoms with van der Waals surface area (Å²) in [5.41, 5.74) is 4.74. The monoisotopic (exact) mass is 639 g/mol. The van der Waals surface area contributed by atoms with Crippen LogP contribution < -0.4 is 4.74 Å². The molecule has 5 rings (SSSR count). The lowest BCUT2D eigenvalue weighted by Gasteiger charge is -2.24. The summed E-state index contributed by atoms with van der Waals surface area (Å²) in [7, 11) is 0. The number of carbonyl (C=O) groups is 1. The highest BCUT2D eigenvalue weighted by atomic mass is 35.5. The molecule has 0 saturated carbocycles. The molecule has 0 radical (unpaired) electrons. The molecule has 2 N–H and O–H groups in total. The molecule has 0 aliphatic rings. The number of aliphatic hydroxyl groups is 1. The second kappa shape index (κ2) is 15.0. The fraction of sp³-hybridized carbons (Fsp3) is 0.263. The van der Waals surface area contributed by atoms with Crippen molar-refractivity contribution in [3.8, 4) is 5.75 Å². The van der Waals surface area contributed by atoms with Gasteiger partial charge in [-0.25, -0.2) is 4.98 Å². The number of carboxylic acids is 1. The van der Waals surface area contributed by atoms with E-state index in [1.807, 2.05) is 97.1 Å². The van der Waals surface area contributed by atoms with Crippen molar-refractivity contribution in [3.63, 3.8) is 0 Å². The van der Waals surface area contributed by atoms with Gasteiger partial charge in [0.1, 0.15) is 12.4 Å². The molecule has 0 aliphatic carbocycles. The molecule has 0 amide bonds. The van der Waals surface area contributed by atoms with E-state index < -0.39 is 17.5 Å². The summed E-state index contributed by atoms with van der Waals surface area (Å²) in [6.07, 6.45) is 1.99. The Morgan fingerprint density at radius 2 is 1.69 bits per heavy atom. The molecule has 0 spiro atoms. The summed E-state index contributed by atoms with van der Waals surface area (Å²) in [5, 5.41) is 22.5. The maximum atomic E-state index is 12.3. The molecule has 0 saturated heterocycles. The van der Waals surface area contributed by atoms with Crippen LogP contribution in [-0.4, -0.2) is 26.9 Å². The minimum Gasteiger partial charge on any atom is -0.487 e. The molecule has 2 unspecified atom stereocenters. The van der Waals surface area contributed by atoms with Gasteiger partial charge in [0, 0.05) is 21.4 Å². The number of fused-ring (bicyclic) bond motifs is 1. The zero-order valence-electron chi connectivity index (χ0n) is 25.5. The SMILES string of the molecule is CC(C)(O)c1ccccc1CCC(SCC(Cc1ccccc1)C(=O)O)c1cccc(OCc2ccc3ccc(Cl)cc3n2)c1. The lowest BCUT2D eigenvalue weighted by Crippen LogP contribution is -2.20. The number of hydrogen-bond donors (Lipinski definition) is 2. The smallest absolute Gasteiger partial charge is 0.307 e. The highest BCUT2D eigenvalue weighted by Gasteiger charge is 2.24. The molecule has 0 aliphatic heterocycles. The maximum absolute atomic E-state index is 12.3. The van der Waals surface area contributed by atoms with E-state index in [0.29, 0.717) is 23.8 Å². The zero-order chi connectivity index (χ0) is 31.8. The Morgan fingerprint density at radius 3 is 2.47 bits per heavy atom. The van der Waals surface area contributed by atoms with Crippen LogP contribution >= 0.6 is 23.4 Å². The molecular formula is C38H38ClNO4S. The van der Waals surface area contributed by atoms with E-state index in [-0.39, 0.29) is 5.25 Å². The number of hydrogen-bond acceptors (Lipinski definition) is 5. The van der Waals surface area contributed by atoms with E-state index in [1.54, 1.807) is 25.6 Å². The third-order valence-corrected chi connectivity index (χ3v) is 9.59. The van der Waals surface area contributed by atoms with Crippen LogP contribution in [0.4, 0.5) is 0 Å². The third-order valence-electron chi connectivity index (χ3n) is 7.85. The molecule has 0 fully saturated rings. The van der Waals surface area contributed by atoms with Crippen molar-refractivity contribution in [2.75, 3.05) is 5.75 Å². The Bertz CT molecular complexity index is 1740. The fourth-order valence-electron chi connectivity index (χ4n) is 5.49. The first kappa shape index (κ1) is 32.6. The van der Waals surface area contributed by atoms with Crippen LogP contribution in [0.3, 0.4) is 0 Å². The van der Waals surface area contributed by atoms with Gasteiger partial charge in [0.15, 0.2) is 0 Å². The fourth-order valence-corrected chi connectivity index (χ4v) is 7.01. The van der Waals surface area contributed by atoms with Crippen LogP contribution in [0.2, 0.25) is 5.02 Å². The number of aromatic nitrogens is 1. The number of aliphatic carboxylic acids is 1. The third kappa shape index (κ3) is 9.10. The number of thioether (sulfide) groups is 1. The van der Waals surface area contributed by atoms with Crippen molar-refractivity contribution >= 4 is 40.2 Å². The minimum atomic E-state index is -0.959. The first-order valence-corrected chi connectivity index (χ1v) is 16.6. The van der Waals surface area contributed by atoms with E-state index >= 15 is 0 Å². The second-order valence-electron chi connectivity index (χ2n) is 11.8. The Morgan fingerprint density at radius 1 is 0.933 bits per heavy atom. The van der Waals surface area contributed by atoms with Crippen LogP contribution in [0.1, 0.15) is 53.5 Å². The summed E-state index contributed by atoms with van der Waals surface area (Å²) in [4.78, 5) is 17.0. The normalized spacial score (nSPS) is 13.0. The van der Waals surface area contributed by atoms with Gasteiger partial charge < -0.3 is 14.9 Å². The van der Waals surface area contributed by atoms with Crippen LogP contribution in [0.15, 0.2) is 109 Å². The van der Waals surface area contributed by atoms with E-state index in [1.165, 1.54) is 0 Å². The molecule has 45 heavy (non-hydrogen) atoms. The van der Waals surface area contributed by atoms with Crippen LogP contribution in [0.25, 0.3) is 10.9 Å². The minimum absolute atomic E-state index is 0.0157. The van der Waals surface area contributed by atoms with Crippen molar-refractivity contribution < 1.29 is 19.7 Å². The summed E-state index contributed by atoms with van der Waals surface area (Å²) in [5.74, 6) is -0.118. The molecule has 5 aromatic rings. The van der Waals surface area contributed by atoms with Gasteiger partial charge in [-0.2, -0.15) is 11.8 Å². The summed E-state index contributed by atoms with van der Waals surface area (Å²) in [6.45, 7) is 3.92.